The van der Waals surface area contributed by atoms with E-state index in [2.05, 4.69) is 9.97 Å². The van der Waals surface area contributed by atoms with Crippen LogP contribution in [0.3, 0.4) is 0 Å². The van der Waals surface area contributed by atoms with Crippen molar-refractivity contribution in [2.45, 2.75) is 33.7 Å². The number of rotatable bonds is 2. The fraction of sp³-hybridized carbons (Fsp3) is 0.238. The van der Waals surface area contributed by atoms with Crippen LogP contribution < -0.4 is 5.73 Å². The summed E-state index contributed by atoms with van der Waals surface area (Å²) in [5.74, 6) is -0.361. The molecule has 0 radical (unpaired) electrons. The van der Waals surface area contributed by atoms with E-state index < -0.39 is 0 Å². The zero-order valence-electron chi connectivity index (χ0n) is 16.1. The largest absolute Gasteiger partial charge is 0.361 e. The molecule has 0 atom stereocenters. The monoisotopic (exact) mass is 358 g/mol. The summed E-state index contributed by atoms with van der Waals surface area (Å²) < 4.78 is 32.5. The van der Waals surface area contributed by atoms with Gasteiger partial charge >= 0.3 is 0 Å². The van der Waals surface area contributed by atoms with Crippen LogP contribution in [-0.2, 0) is 13.0 Å². The fourth-order valence-electron chi connectivity index (χ4n) is 2.67. The lowest BCUT2D eigenvalue weighted by Crippen LogP contribution is -1.99. The summed E-state index contributed by atoms with van der Waals surface area (Å²) in [6.45, 7) is 4.49. The molecule has 0 aliphatic heterocycles. The molecule has 0 spiro atoms. The molecule has 0 bridgehead atoms. The van der Waals surface area contributed by atoms with Gasteiger partial charge < -0.3 is 15.7 Å². The third kappa shape index (κ3) is 4.29. The van der Waals surface area contributed by atoms with Gasteiger partial charge in [-0.2, -0.15) is 0 Å². The highest BCUT2D eigenvalue weighted by atomic mass is 19.1. The molecule has 4 N–H and O–H groups in total. The lowest BCUT2D eigenvalue weighted by molar-refractivity contribution is 0.612. The van der Waals surface area contributed by atoms with E-state index in [1.54, 1.807) is 25.3 Å². The Morgan fingerprint density at radius 1 is 0.923 bits per heavy atom. The molecule has 3 nitrogen and oxygen atoms in total. The van der Waals surface area contributed by atoms with E-state index in [4.69, 9.17) is 7.10 Å². The summed E-state index contributed by atoms with van der Waals surface area (Å²) in [4.78, 5) is 5.90. The Kier molecular flexibility index (Phi) is 6.39. The first-order valence-corrected chi connectivity index (χ1v) is 8.54. The maximum Gasteiger partial charge on any atom is 0.129 e. The van der Waals surface area contributed by atoms with Crippen molar-refractivity contribution in [2.75, 3.05) is 0 Å². The normalized spacial score (nSPS) is 10.7. The molecule has 2 aromatic heterocycles. The van der Waals surface area contributed by atoms with Crippen molar-refractivity contribution in [1.82, 2.24) is 9.97 Å². The molecule has 0 saturated carbocycles. The minimum Gasteiger partial charge on any atom is -0.361 e. The van der Waals surface area contributed by atoms with Gasteiger partial charge in [0.2, 0.25) is 0 Å². The van der Waals surface area contributed by atoms with Gasteiger partial charge in [-0.15, -0.1) is 0 Å². The lowest BCUT2D eigenvalue weighted by atomic mass is 10.1. The Hall–Kier alpha value is -2.66. The number of halogens is 2. The summed E-state index contributed by atoms with van der Waals surface area (Å²) >= 11 is 0. The first kappa shape index (κ1) is 18.1. The van der Waals surface area contributed by atoms with Crippen molar-refractivity contribution >= 4 is 21.8 Å². The SMILES string of the molecule is CCc1cc2cc[nH]c2cc1F.NCc1cc2cc[nH]c2cc1F.[2H]CC. The molecule has 5 heteroatoms. The van der Waals surface area contributed by atoms with Crippen LogP contribution >= 0.6 is 0 Å². The predicted octanol–water partition coefficient (Wildman–Crippen LogP) is 5.66. The van der Waals surface area contributed by atoms with Gasteiger partial charge in [-0.25, -0.2) is 8.78 Å². The number of aromatic amines is 2. The van der Waals surface area contributed by atoms with Crippen molar-refractivity contribution < 1.29 is 10.2 Å². The van der Waals surface area contributed by atoms with E-state index in [9.17, 15) is 8.78 Å². The van der Waals surface area contributed by atoms with E-state index in [1.807, 2.05) is 31.3 Å². The Morgan fingerprint density at radius 2 is 1.38 bits per heavy atom. The molecule has 0 aliphatic rings. The second kappa shape index (κ2) is 9.15. The highest BCUT2D eigenvalue weighted by Gasteiger charge is 2.03. The molecule has 0 unspecified atom stereocenters. The summed E-state index contributed by atoms with van der Waals surface area (Å²) in [7, 11) is 0. The molecule has 0 fully saturated rings. The average molecular weight is 358 g/mol. The van der Waals surface area contributed by atoms with Crippen LogP contribution in [0.25, 0.3) is 21.8 Å². The highest BCUT2D eigenvalue weighted by molar-refractivity contribution is 5.80. The van der Waals surface area contributed by atoms with Crippen molar-refractivity contribution in [1.29, 1.82) is 0 Å². The van der Waals surface area contributed by atoms with E-state index in [-0.39, 0.29) is 18.2 Å². The van der Waals surface area contributed by atoms with E-state index >= 15 is 0 Å². The fourth-order valence-corrected chi connectivity index (χ4v) is 2.67. The summed E-state index contributed by atoms with van der Waals surface area (Å²) in [6.07, 6.45) is 4.35. The first-order chi connectivity index (χ1) is 13.0. The third-order valence-corrected chi connectivity index (χ3v) is 4.04. The first-order valence-electron chi connectivity index (χ1n) is 9.25. The maximum atomic E-state index is 13.2. The number of nitrogens with one attached hydrogen (secondary N) is 2. The Balaban J connectivity index is 0.000000170. The van der Waals surface area contributed by atoms with Crippen molar-refractivity contribution in [3.8, 4) is 0 Å². The van der Waals surface area contributed by atoms with Gasteiger partial charge in [0.1, 0.15) is 11.6 Å². The predicted molar refractivity (Wildman–Crippen MR) is 105 cm³/mol. The molecule has 0 saturated heterocycles. The number of H-pyrrole nitrogens is 2. The van der Waals surface area contributed by atoms with Crippen LogP contribution in [0.5, 0.6) is 0 Å². The Labute approximate surface area is 153 Å². The molecule has 4 rings (SSSR count). The second-order valence-electron chi connectivity index (χ2n) is 5.57. The Bertz CT molecular complexity index is 912. The molecule has 26 heavy (non-hydrogen) atoms. The standard InChI is InChI=1S/C10H10FN.C9H9FN2.C2H6/c1-2-7-5-8-3-4-12-10(8)6-9(7)11;10-8-4-9-6(1-2-12-9)3-7(8)5-11;1-2/h3-6,12H,2H2,1H3;1-4,12H,5,11H2;1-2H3/i;;1D. The molecule has 0 amide bonds. The summed E-state index contributed by atoms with van der Waals surface area (Å²) in [5, 5.41) is 2.07. The highest BCUT2D eigenvalue weighted by Crippen LogP contribution is 2.18. The van der Waals surface area contributed by atoms with Crippen molar-refractivity contribution in [3.63, 3.8) is 0 Å². The molecular formula is C21H25F2N3. The van der Waals surface area contributed by atoms with Gasteiger partial charge in [0, 0.05) is 36.9 Å². The number of benzene rings is 2. The molecule has 2 aromatic carbocycles. The zero-order chi connectivity index (χ0) is 19.8. The minimum atomic E-state index is -0.243. The van der Waals surface area contributed by atoms with Gasteiger partial charge in [-0.1, -0.05) is 20.7 Å². The van der Waals surface area contributed by atoms with E-state index in [0.29, 0.717) is 12.5 Å². The number of aryl methyl sites for hydroxylation is 1. The van der Waals surface area contributed by atoms with Gasteiger partial charge in [-0.3, -0.25) is 0 Å². The summed E-state index contributed by atoms with van der Waals surface area (Å²) in [6, 6.07) is 10.5. The number of hydrogen-bond donors (Lipinski definition) is 3. The van der Waals surface area contributed by atoms with Crippen molar-refractivity contribution in [2.24, 2.45) is 5.73 Å². The summed E-state index contributed by atoms with van der Waals surface area (Å²) in [5.41, 5.74) is 8.37. The van der Waals surface area contributed by atoms with Crippen LogP contribution in [0.15, 0.2) is 48.8 Å². The van der Waals surface area contributed by atoms with Gasteiger partial charge in [0.05, 0.1) is 0 Å². The second-order valence-corrected chi connectivity index (χ2v) is 5.57. The average Bonchev–Trinajstić information content (AvgIpc) is 3.29. The van der Waals surface area contributed by atoms with Crippen LogP contribution in [0.4, 0.5) is 8.78 Å². The molecule has 0 aliphatic carbocycles. The number of fused-ring (bicyclic) bond motifs is 2. The van der Waals surface area contributed by atoms with Crippen LogP contribution in [0.1, 0.15) is 33.2 Å². The molecular weight excluding hydrogens is 332 g/mol. The molecule has 138 valence electrons. The number of aromatic nitrogens is 2. The smallest absolute Gasteiger partial charge is 0.129 e. The number of nitrogens with two attached hydrogens (primary N) is 1. The van der Waals surface area contributed by atoms with Gasteiger partial charge in [0.25, 0.3) is 0 Å². The quantitative estimate of drug-likeness (QED) is 0.425. The van der Waals surface area contributed by atoms with Crippen molar-refractivity contribution in [3.05, 3.63) is 71.6 Å². The van der Waals surface area contributed by atoms with Gasteiger partial charge in [0.15, 0.2) is 0 Å². The zero-order valence-corrected chi connectivity index (χ0v) is 15.1. The van der Waals surface area contributed by atoms with Crippen LogP contribution in [-0.4, -0.2) is 9.97 Å². The van der Waals surface area contributed by atoms with Crippen LogP contribution in [0, 0.1) is 11.6 Å². The number of hydrogen-bond acceptors (Lipinski definition) is 1. The molecule has 4 aromatic rings. The van der Waals surface area contributed by atoms with E-state index in [1.165, 1.54) is 6.07 Å². The minimum absolute atomic E-state index is 0.118. The lowest BCUT2D eigenvalue weighted by Gasteiger charge is -1.98. The Morgan fingerprint density at radius 3 is 1.85 bits per heavy atom. The molecule has 2 heterocycles. The maximum absolute atomic E-state index is 13.2. The van der Waals surface area contributed by atoms with Crippen LogP contribution in [0.2, 0.25) is 0 Å². The third-order valence-electron chi connectivity index (χ3n) is 4.04. The van der Waals surface area contributed by atoms with Gasteiger partial charge in [-0.05, 0) is 59.2 Å². The topological polar surface area (TPSA) is 57.6 Å². The van der Waals surface area contributed by atoms with E-state index in [0.717, 1.165) is 33.8 Å².